The molecule has 1 heterocycles. The van der Waals surface area contributed by atoms with Gasteiger partial charge in [0.2, 0.25) is 0 Å². The van der Waals surface area contributed by atoms with Gasteiger partial charge in [0.1, 0.15) is 5.82 Å². The van der Waals surface area contributed by atoms with Crippen LogP contribution in [0.3, 0.4) is 0 Å². The highest BCUT2D eigenvalue weighted by Gasteiger charge is 2.23. The largest absolute Gasteiger partial charge is 0.326 e. The van der Waals surface area contributed by atoms with Gasteiger partial charge in [-0.2, -0.15) is 12.7 Å². The molecule has 1 aliphatic rings. The maximum absolute atomic E-state index is 13.3. The summed E-state index contributed by atoms with van der Waals surface area (Å²) in [5.41, 5.74) is 6.06. The van der Waals surface area contributed by atoms with E-state index in [1.54, 1.807) is 0 Å². The van der Waals surface area contributed by atoms with Crippen molar-refractivity contribution in [2.24, 2.45) is 5.73 Å². The van der Waals surface area contributed by atoms with Gasteiger partial charge in [-0.25, -0.2) is 4.39 Å². The molecule has 3 N–H and O–H groups in total. The van der Waals surface area contributed by atoms with Crippen LogP contribution in [-0.4, -0.2) is 25.8 Å². The monoisotopic (exact) mass is 301 g/mol. The van der Waals surface area contributed by atoms with Crippen LogP contribution in [0.25, 0.3) is 0 Å². The fraction of sp³-hybridized carbons (Fsp3) is 0.538. The van der Waals surface area contributed by atoms with Crippen molar-refractivity contribution < 1.29 is 12.8 Å². The Morgan fingerprint density at radius 2 is 1.85 bits per heavy atom. The van der Waals surface area contributed by atoms with Crippen LogP contribution in [0.4, 0.5) is 10.1 Å². The third-order valence-corrected chi connectivity index (χ3v) is 4.96. The molecule has 0 aliphatic carbocycles. The lowest BCUT2D eigenvalue weighted by atomic mass is 10.2. The van der Waals surface area contributed by atoms with E-state index in [9.17, 15) is 12.8 Å². The highest BCUT2D eigenvalue weighted by Crippen LogP contribution is 2.19. The SMILES string of the molecule is NCc1cc(NS(=O)(=O)N2CCCCCC2)ccc1F. The van der Waals surface area contributed by atoms with E-state index < -0.39 is 16.0 Å². The highest BCUT2D eigenvalue weighted by molar-refractivity contribution is 7.90. The van der Waals surface area contributed by atoms with Gasteiger partial charge in [-0.3, -0.25) is 4.72 Å². The lowest BCUT2D eigenvalue weighted by Gasteiger charge is -2.21. The predicted molar refractivity (Wildman–Crippen MR) is 76.9 cm³/mol. The number of hydrogen-bond acceptors (Lipinski definition) is 3. The molecule has 0 atom stereocenters. The van der Waals surface area contributed by atoms with Crippen molar-refractivity contribution in [1.82, 2.24) is 4.31 Å². The molecule has 20 heavy (non-hydrogen) atoms. The Bertz CT molecular complexity index is 555. The third-order valence-electron chi connectivity index (χ3n) is 3.42. The quantitative estimate of drug-likeness (QED) is 0.890. The van der Waals surface area contributed by atoms with E-state index in [0.717, 1.165) is 25.7 Å². The van der Waals surface area contributed by atoms with Crippen LogP contribution in [0.15, 0.2) is 18.2 Å². The minimum atomic E-state index is -3.58. The molecule has 5 nitrogen and oxygen atoms in total. The molecule has 1 aliphatic heterocycles. The number of hydrogen-bond donors (Lipinski definition) is 2. The van der Waals surface area contributed by atoms with Crippen LogP contribution >= 0.6 is 0 Å². The summed E-state index contributed by atoms with van der Waals surface area (Å²) in [6.45, 7) is 1.09. The normalized spacial score (nSPS) is 17.7. The van der Waals surface area contributed by atoms with Crippen molar-refractivity contribution in [3.05, 3.63) is 29.6 Å². The number of nitrogens with zero attached hydrogens (tertiary/aromatic N) is 1. The van der Waals surface area contributed by atoms with E-state index >= 15 is 0 Å². The van der Waals surface area contributed by atoms with Gasteiger partial charge >= 0.3 is 10.2 Å². The molecule has 112 valence electrons. The van der Waals surface area contributed by atoms with E-state index in [2.05, 4.69) is 4.72 Å². The second-order valence-electron chi connectivity index (χ2n) is 4.93. The van der Waals surface area contributed by atoms with Gasteiger partial charge in [0.05, 0.1) is 5.69 Å². The first-order valence-electron chi connectivity index (χ1n) is 6.79. The van der Waals surface area contributed by atoms with Crippen molar-refractivity contribution in [2.45, 2.75) is 32.2 Å². The van der Waals surface area contributed by atoms with Crippen LogP contribution < -0.4 is 10.5 Å². The summed E-state index contributed by atoms with van der Waals surface area (Å²) in [6, 6.07) is 4.07. The zero-order valence-electron chi connectivity index (χ0n) is 11.3. The smallest absolute Gasteiger partial charge is 0.301 e. The molecule has 0 bridgehead atoms. The first kappa shape index (κ1) is 15.2. The van der Waals surface area contributed by atoms with Crippen molar-refractivity contribution in [3.8, 4) is 0 Å². The molecule has 1 aromatic carbocycles. The van der Waals surface area contributed by atoms with Crippen LogP contribution in [0.5, 0.6) is 0 Å². The number of nitrogens with two attached hydrogens (primary N) is 1. The second-order valence-corrected chi connectivity index (χ2v) is 6.60. The molecule has 1 aromatic rings. The number of nitrogens with one attached hydrogen (secondary N) is 1. The number of benzene rings is 1. The molecule has 0 unspecified atom stereocenters. The Balaban J connectivity index is 2.14. The van der Waals surface area contributed by atoms with Gasteiger partial charge < -0.3 is 5.73 Å². The standard InChI is InChI=1S/C13H20FN3O2S/c14-13-6-5-12(9-11(13)10-15)16-20(18,19)17-7-3-1-2-4-8-17/h5-6,9,16H,1-4,7-8,10,15H2. The topological polar surface area (TPSA) is 75.4 Å². The molecule has 2 rings (SSSR count). The molecule has 0 saturated carbocycles. The minimum Gasteiger partial charge on any atom is -0.326 e. The molecule has 0 amide bonds. The summed E-state index contributed by atoms with van der Waals surface area (Å²) >= 11 is 0. The predicted octanol–water partition coefficient (Wildman–Crippen LogP) is 1.82. The maximum Gasteiger partial charge on any atom is 0.301 e. The lowest BCUT2D eigenvalue weighted by molar-refractivity contribution is 0.427. The van der Waals surface area contributed by atoms with Gasteiger partial charge in [-0.1, -0.05) is 12.8 Å². The van der Waals surface area contributed by atoms with Crippen LogP contribution in [0, 0.1) is 5.82 Å². The number of halogens is 1. The average Bonchev–Trinajstić information content (AvgIpc) is 2.70. The summed E-state index contributed by atoms with van der Waals surface area (Å²) in [6.07, 6.45) is 3.86. The Morgan fingerprint density at radius 1 is 1.20 bits per heavy atom. The summed E-state index contributed by atoms with van der Waals surface area (Å²) in [5, 5.41) is 0. The molecule has 0 aromatic heterocycles. The number of rotatable bonds is 4. The zero-order valence-corrected chi connectivity index (χ0v) is 12.1. The van der Waals surface area contributed by atoms with Gasteiger partial charge in [-0.05, 0) is 31.0 Å². The minimum absolute atomic E-state index is 0.0329. The summed E-state index contributed by atoms with van der Waals surface area (Å²) in [4.78, 5) is 0. The van der Waals surface area contributed by atoms with E-state index in [0.29, 0.717) is 24.3 Å². The first-order chi connectivity index (χ1) is 9.53. The second kappa shape index (κ2) is 6.51. The van der Waals surface area contributed by atoms with Gasteiger partial charge in [0, 0.05) is 25.2 Å². The number of anilines is 1. The lowest BCUT2D eigenvalue weighted by Crippen LogP contribution is -2.36. The summed E-state index contributed by atoms with van der Waals surface area (Å²) < 4.78 is 41.9. The van der Waals surface area contributed by atoms with Crippen LogP contribution in [0.1, 0.15) is 31.2 Å². The molecule has 1 fully saturated rings. The average molecular weight is 301 g/mol. The van der Waals surface area contributed by atoms with Gasteiger partial charge in [0.15, 0.2) is 0 Å². The summed E-state index contributed by atoms with van der Waals surface area (Å²) in [7, 11) is -3.58. The van der Waals surface area contributed by atoms with Crippen molar-refractivity contribution in [2.75, 3.05) is 17.8 Å². The van der Waals surface area contributed by atoms with E-state index in [-0.39, 0.29) is 6.54 Å². The molecular weight excluding hydrogens is 281 g/mol. The van der Waals surface area contributed by atoms with Crippen molar-refractivity contribution in [1.29, 1.82) is 0 Å². The van der Waals surface area contributed by atoms with E-state index in [1.165, 1.54) is 22.5 Å². The molecular formula is C13H20FN3O2S. The van der Waals surface area contributed by atoms with Crippen LogP contribution in [-0.2, 0) is 16.8 Å². The van der Waals surface area contributed by atoms with Crippen molar-refractivity contribution in [3.63, 3.8) is 0 Å². The Morgan fingerprint density at radius 3 is 2.45 bits per heavy atom. The van der Waals surface area contributed by atoms with E-state index in [4.69, 9.17) is 5.73 Å². The molecule has 0 spiro atoms. The van der Waals surface area contributed by atoms with Gasteiger partial charge in [-0.15, -0.1) is 0 Å². The maximum atomic E-state index is 13.3. The summed E-state index contributed by atoms with van der Waals surface area (Å²) in [5.74, 6) is -0.426. The third kappa shape index (κ3) is 3.68. The van der Waals surface area contributed by atoms with Gasteiger partial charge in [0.25, 0.3) is 0 Å². The Labute approximate surface area is 119 Å². The Hall–Kier alpha value is -1.18. The first-order valence-corrected chi connectivity index (χ1v) is 8.23. The van der Waals surface area contributed by atoms with Crippen LogP contribution in [0.2, 0.25) is 0 Å². The fourth-order valence-electron chi connectivity index (χ4n) is 2.29. The zero-order chi connectivity index (χ0) is 14.6. The Kier molecular flexibility index (Phi) is 4.95. The van der Waals surface area contributed by atoms with E-state index in [1.807, 2.05) is 0 Å². The molecule has 1 saturated heterocycles. The fourth-order valence-corrected chi connectivity index (χ4v) is 3.58. The molecule has 7 heteroatoms. The molecule has 0 radical (unpaired) electrons. The highest BCUT2D eigenvalue weighted by atomic mass is 32.2. The van der Waals surface area contributed by atoms with Crippen molar-refractivity contribution >= 4 is 15.9 Å².